The predicted octanol–water partition coefficient (Wildman–Crippen LogP) is 4.28. The number of amides is 2. The molecule has 2 amide bonds. The van der Waals surface area contributed by atoms with E-state index in [0.717, 1.165) is 18.3 Å². The van der Waals surface area contributed by atoms with Gasteiger partial charge in [0.25, 0.3) is 5.91 Å². The lowest BCUT2D eigenvalue weighted by molar-refractivity contribution is -0.141. The quantitative estimate of drug-likeness (QED) is 0.203. The number of pyridine rings is 2. The first-order chi connectivity index (χ1) is 14.3. The molecule has 8 nitrogen and oxygen atoms in total. The van der Waals surface area contributed by atoms with Gasteiger partial charge in [0.15, 0.2) is 0 Å². The zero-order chi connectivity index (χ0) is 22.1. The number of carbonyl (C=O) groups excluding carboxylic acids is 2. The van der Waals surface area contributed by atoms with E-state index in [1.807, 2.05) is 0 Å². The van der Waals surface area contributed by atoms with Crippen molar-refractivity contribution in [3.8, 4) is 11.5 Å². The molecular weight excluding hydrogens is 539 g/mol. The number of aromatic nitrogens is 2. The molecule has 30 heavy (non-hydrogen) atoms. The van der Waals surface area contributed by atoms with Gasteiger partial charge in [-0.2, -0.15) is 13.2 Å². The largest absolute Gasteiger partial charge is 0.454 e. The Balaban J connectivity index is 2.18. The van der Waals surface area contributed by atoms with E-state index in [4.69, 9.17) is 9.26 Å². The Hall–Kier alpha value is -2.05. The van der Waals surface area contributed by atoms with Crippen LogP contribution in [0.25, 0.3) is 0 Å². The second-order valence-electron chi connectivity index (χ2n) is 5.81. The average molecular weight is 556 g/mol. The maximum Gasteiger partial charge on any atom is 0.433 e. The van der Waals surface area contributed by atoms with E-state index in [1.165, 1.54) is 17.2 Å². The molecule has 1 unspecified atom stereocenters. The minimum Gasteiger partial charge on any atom is -0.454 e. The van der Waals surface area contributed by atoms with Crippen molar-refractivity contribution in [2.24, 2.45) is 0 Å². The van der Waals surface area contributed by atoms with Crippen LogP contribution in [-0.4, -0.2) is 47.4 Å². The molecule has 0 aliphatic rings. The summed E-state index contributed by atoms with van der Waals surface area (Å²) in [4.78, 5) is 32.3. The van der Waals surface area contributed by atoms with Gasteiger partial charge in [-0.25, -0.2) is 9.97 Å². The van der Waals surface area contributed by atoms with Crippen LogP contribution < -0.4 is 10.1 Å². The summed E-state index contributed by atoms with van der Waals surface area (Å²) in [6.07, 6.45) is -1.41. The maximum atomic E-state index is 12.8. The number of ether oxygens (including phenoxy) is 1. The Morgan fingerprint density at radius 2 is 2.03 bits per heavy atom. The zero-order valence-electron chi connectivity index (χ0n) is 15.6. The van der Waals surface area contributed by atoms with Gasteiger partial charge >= 0.3 is 6.18 Å². The van der Waals surface area contributed by atoms with Crippen LogP contribution in [0, 0.1) is 0 Å². The number of rotatable bonds is 10. The number of hydrogen-bond donors (Lipinski definition) is 1. The Morgan fingerprint density at radius 3 is 2.63 bits per heavy atom. The average Bonchev–Trinajstić information content (AvgIpc) is 2.71. The van der Waals surface area contributed by atoms with E-state index >= 15 is 0 Å². The van der Waals surface area contributed by atoms with E-state index in [9.17, 15) is 22.8 Å². The fraction of sp³-hybridized carbons (Fsp3) is 0.294. The molecule has 0 aliphatic carbocycles. The third-order valence-electron chi connectivity index (χ3n) is 3.69. The van der Waals surface area contributed by atoms with E-state index in [1.54, 1.807) is 7.05 Å². The number of hydrogen-bond acceptors (Lipinski definition) is 6. The van der Waals surface area contributed by atoms with E-state index in [-0.39, 0.29) is 22.9 Å². The number of nitrogens with one attached hydrogen (secondary N) is 1. The van der Waals surface area contributed by atoms with Crippen LogP contribution in [0.15, 0.2) is 30.6 Å². The van der Waals surface area contributed by atoms with Crippen molar-refractivity contribution in [3.05, 3.63) is 41.9 Å². The molecule has 2 aromatic rings. The maximum absolute atomic E-state index is 12.8. The molecule has 0 aromatic carbocycles. The lowest BCUT2D eigenvalue weighted by atomic mass is 10.2. The highest BCUT2D eigenvalue weighted by atomic mass is 127. The standard InChI is InChI=1S/C17H17F3IN4O4P/c1-25(5-2-6-28-30-21)16(27)13-7-12(9-23-15(13)24-10-26)29-11-3-4-14(22-8-11)17(18,19)20/h3-4,7-10,30H,2,5-6H2,1H3,(H,23,24,26). The van der Waals surface area contributed by atoms with Gasteiger partial charge in [0.2, 0.25) is 6.41 Å². The molecule has 13 heteroatoms. The van der Waals surface area contributed by atoms with Crippen molar-refractivity contribution in [2.45, 2.75) is 12.6 Å². The van der Waals surface area contributed by atoms with Crippen LogP contribution >= 0.6 is 28.5 Å². The topological polar surface area (TPSA) is 93.7 Å². The molecule has 1 N–H and O–H groups in total. The highest BCUT2D eigenvalue weighted by Gasteiger charge is 2.32. The highest BCUT2D eigenvalue weighted by Crippen LogP contribution is 2.30. The van der Waals surface area contributed by atoms with Crippen molar-refractivity contribution in [2.75, 3.05) is 25.5 Å². The van der Waals surface area contributed by atoms with Crippen molar-refractivity contribution in [3.63, 3.8) is 0 Å². The molecule has 1 atom stereocenters. The Morgan fingerprint density at radius 1 is 1.30 bits per heavy atom. The van der Waals surface area contributed by atoms with Gasteiger partial charge in [-0.05, 0) is 46.7 Å². The summed E-state index contributed by atoms with van der Waals surface area (Å²) in [5.74, 6) is -0.256. The molecule has 0 aliphatic heterocycles. The second kappa shape index (κ2) is 11.4. The molecule has 0 radical (unpaired) electrons. The normalized spacial score (nSPS) is 11.5. The Bertz CT molecular complexity index is 871. The third-order valence-corrected chi connectivity index (χ3v) is 4.94. The molecule has 2 rings (SSSR count). The van der Waals surface area contributed by atoms with E-state index < -0.39 is 17.8 Å². The first-order valence-electron chi connectivity index (χ1n) is 8.40. The highest BCUT2D eigenvalue weighted by molar-refractivity contribution is 14.2. The number of halogens is 4. The smallest absolute Gasteiger partial charge is 0.433 e. The first kappa shape index (κ1) is 24.2. The van der Waals surface area contributed by atoms with Crippen LogP contribution in [0.5, 0.6) is 11.5 Å². The Labute approximate surface area is 184 Å². The summed E-state index contributed by atoms with van der Waals surface area (Å²) in [7, 11) is 1.59. The minimum absolute atomic E-state index is 0.0319. The van der Waals surface area contributed by atoms with E-state index in [2.05, 4.69) is 37.3 Å². The fourth-order valence-electron chi connectivity index (χ4n) is 2.30. The van der Waals surface area contributed by atoms with Crippen LogP contribution in [0.2, 0.25) is 0 Å². The van der Waals surface area contributed by atoms with Crippen LogP contribution in [0.1, 0.15) is 22.5 Å². The fourth-order valence-corrected chi connectivity index (χ4v) is 3.18. The number of carbonyl (C=O) groups is 2. The first-order valence-corrected chi connectivity index (χ1v) is 12.4. The van der Waals surface area contributed by atoms with Gasteiger partial charge in [-0.3, -0.25) is 9.59 Å². The molecule has 2 heterocycles. The molecule has 2 aromatic heterocycles. The lowest BCUT2D eigenvalue weighted by Gasteiger charge is -2.19. The molecule has 0 bridgehead atoms. The van der Waals surface area contributed by atoms with E-state index in [0.29, 0.717) is 32.4 Å². The second-order valence-corrected chi connectivity index (χ2v) is 7.58. The molecule has 0 saturated heterocycles. The summed E-state index contributed by atoms with van der Waals surface area (Å²) in [5, 5.41) is 2.35. The van der Waals surface area contributed by atoms with Crippen LogP contribution in [-0.2, 0) is 15.5 Å². The summed E-state index contributed by atoms with van der Waals surface area (Å²) in [6, 6.07) is 3.23. The van der Waals surface area contributed by atoms with Gasteiger partial charge in [0, 0.05) is 13.6 Å². The molecule has 0 spiro atoms. The Kier molecular flexibility index (Phi) is 9.18. The van der Waals surface area contributed by atoms with Gasteiger partial charge in [-0.1, -0.05) is 0 Å². The lowest BCUT2D eigenvalue weighted by Crippen LogP contribution is -2.29. The van der Waals surface area contributed by atoms with Gasteiger partial charge in [-0.15, -0.1) is 0 Å². The summed E-state index contributed by atoms with van der Waals surface area (Å²) >= 11 is 2.10. The van der Waals surface area contributed by atoms with Crippen molar-refractivity contribution < 1.29 is 32.0 Å². The monoisotopic (exact) mass is 556 g/mol. The zero-order valence-corrected chi connectivity index (χ0v) is 18.7. The van der Waals surface area contributed by atoms with Crippen LogP contribution in [0.3, 0.4) is 0 Å². The SMILES string of the molecule is CN(CCCOPI)C(=O)c1cc(Oc2ccc(C(F)(F)F)nc2)cnc1NC=O. The van der Waals surface area contributed by atoms with Gasteiger partial charge < -0.3 is 19.5 Å². The molecule has 0 saturated carbocycles. The molecule has 162 valence electrons. The third kappa shape index (κ3) is 7.03. The van der Waals surface area contributed by atoms with Crippen molar-refractivity contribution in [1.29, 1.82) is 0 Å². The summed E-state index contributed by atoms with van der Waals surface area (Å²) in [5.41, 5.74) is -0.985. The van der Waals surface area contributed by atoms with Crippen LogP contribution in [0.4, 0.5) is 19.0 Å². The number of nitrogens with zero attached hydrogens (tertiary/aromatic N) is 3. The van der Waals surface area contributed by atoms with Gasteiger partial charge in [0.05, 0.1) is 31.0 Å². The minimum atomic E-state index is -4.56. The predicted molar refractivity (Wildman–Crippen MR) is 113 cm³/mol. The number of anilines is 1. The molecule has 0 fully saturated rings. The van der Waals surface area contributed by atoms with Gasteiger partial charge in [0.1, 0.15) is 23.0 Å². The summed E-state index contributed by atoms with van der Waals surface area (Å²) < 4.78 is 48.6. The summed E-state index contributed by atoms with van der Waals surface area (Å²) in [6.45, 7) is 1.24. The molecular formula is C17H17F3IN4O4P. The van der Waals surface area contributed by atoms with Crippen molar-refractivity contribution in [1.82, 2.24) is 14.9 Å². The van der Waals surface area contributed by atoms with Crippen molar-refractivity contribution >= 4 is 46.6 Å². The number of alkyl halides is 3.